The Hall–Kier alpha value is -3.35. The molecule has 0 spiro atoms. The Labute approximate surface area is 185 Å². The number of nitrogens with zero attached hydrogens (tertiary/aromatic N) is 2. The van der Waals surface area contributed by atoms with Crippen molar-refractivity contribution in [2.75, 3.05) is 0 Å². The van der Waals surface area contributed by atoms with E-state index in [0.717, 1.165) is 23.1 Å². The smallest absolute Gasteiger partial charge is 0.396 e. The lowest BCUT2D eigenvalue weighted by molar-refractivity contribution is -0.385. The van der Waals surface area contributed by atoms with Gasteiger partial charge in [-0.2, -0.15) is 0 Å². The third kappa shape index (κ3) is 4.40. The van der Waals surface area contributed by atoms with Crippen LogP contribution in [0.4, 0.5) is 11.4 Å². The van der Waals surface area contributed by atoms with Crippen LogP contribution in [0, 0.1) is 20.2 Å². The van der Waals surface area contributed by atoms with Crippen LogP contribution in [0.15, 0.2) is 83.4 Å². The molecular weight excluding hydrogens is 464 g/mol. The number of aromatic hydroxyl groups is 1. The minimum Gasteiger partial charge on any atom is -0.507 e. The van der Waals surface area contributed by atoms with Gasteiger partial charge in [0.05, 0.1) is 24.3 Å². The second kappa shape index (κ2) is 8.41. The van der Waals surface area contributed by atoms with E-state index >= 15 is 0 Å². The lowest BCUT2D eigenvalue weighted by Gasteiger charge is -2.09. The normalized spacial score (nSPS) is 11.0. The zero-order valence-corrected chi connectivity index (χ0v) is 17.7. The molecule has 1 aromatic heterocycles. The molecule has 0 aliphatic carbocycles. The zero-order valence-electron chi connectivity index (χ0n) is 15.2. The van der Waals surface area contributed by atoms with Crippen LogP contribution in [-0.4, -0.2) is 15.0 Å². The summed E-state index contributed by atoms with van der Waals surface area (Å²) in [5.41, 5.74) is 0.191. The molecular formula is C19H10N2O7S3. The van der Waals surface area contributed by atoms with Crippen molar-refractivity contribution in [3.05, 3.63) is 84.6 Å². The van der Waals surface area contributed by atoms with Crippen molar-refractivity contribution in [1.82, 2.24) is 0 Å². The molecule has 4 aromatic rings. The van der Waals surface area contributed by atoms with E-state index in [0.29, 0.717) is 29.9 Å². The van der Waals surface area contributed by atoms with Gasteiger partial charge in [-0.1, -0.05) is 34.9 Å². The van der Waals surface area contributed by atoms with Crippen molar-refractivity contribution in [2.45, 2.75) is 19.6 Å². The molecule has 1 N–H and O–H groups in total. The van der Waals surface area contributed by atoms with Crippen molar-refractivity contribution >= 4 is 56.5 Å². The molecule has 4 rings (SSSR count). The third-order valence-electron chi connectivity index (χ3n) is 4.05. The fourth-order valence-corrected chi connectivity index (χ4v) is 5.49. The molecule has 0 amide bonds. The van der Waals surface area contributed by atoms with Crippen LogP contribution in [0.5, 0.6) is 5.75 Å². The van der Waals surface area contributed by atoms with E-state index in [1.807, 2.05) is 0 Å². The lowest BCUT2D eigenvalue weighted by atomic mass is 10.3. The molecule has 0 aliphatic heterocycles. The highest BCUT2D eigenvalue weighted by Gasteiger charge is 2.20. The van der Waals surface area contributed by atoms with Gasteiger partial charge in [-0.15, -0.1) is 0 Å². The molecule has 1 heterocycles. The van der Waals surface area contributed by atoms with Gasteiger partial charge in [-0.3, -0.25) is 20.2 Å². The summed E-state index contributed by atoms with van der Waals surface area (Å²) in [5.74, 6) is -0.0858. The summed E-state index contributed by atoms with van der Waals surface area (Å²) in [4.78, 5) is 34.2. The van der Waals surface area contributed by atoms with Crippen LogP contribution in [0.3, 0.4) is 0 Å². The maximum atomic E-state index is 12.0. The van der Waals surface area contributed by atoms with Crippen molar-refractivity contribution in [2.24, 2.45) is 0 Å². The number of nitro benzene ring substituents is 2. The molecule has 0 bridgehead atoms. The largest absolute Gasteiger partial charge is 0.507 e. The number of fused-ring (bicyclic) bond motifs is 1. The monoisotopic (exact) mass is 474 g/mol. The fourth-order valence-electron chi connectivity index (χ4n) is 2.65. The van der Waals surface area contributed by atoms with Crippen LogP contribution < -0.4 is 4.94 Å². The van der Waals surface area contributed by atoms with Gasteiger partial charge < -0.3 is 9.52 Å². The number of phenols is 1. The Morgan fingerprint density at radius 3 is 1.90 bits per heavy atom. The van der Waals surface area contributed by atoms with E-state index in [-0.39, 0.29) is 17.1 Å². The topological polar surface area (TPSA) is 137 Å². The summed E-state index contributed by atoms with van der Waals surface area (Å²) in [6.45, 7) is 0. The van der Waals surface area contributed by atoms with Crippen molar-refractivity contribution in [3.8, 4) is 5.75 Å². The number of non-ortho nitro benzene ring substituents is 2. The van der Waals surface area contributed by atoms with Gasteiger partial charge in [0, 0.05) is 34.1 Å². The second-order valence-electron chi connectivity index (χ2n) is 6.04. The molecule has 0 saturated heterocycles. The average Bonchev–Trinajstić information content (AvgIpc) is 3.13. The first-order chi connectivity index (χ1) is 14.8. The van der Waals surface area contributed by atoms with E-state index in [4.69, 9.17) is 4.42 Å². The molecule has 0 atom stereocenters. The molecule has 156 valence electrons. The van der Waals surface area contributed by atoms with E-state index in [1.165, 1.54) is 42.1 Å². The molecule has 0 saturated carbocycles. The van der Waals surface area contributed by atoms with E-state index in [9.17, 15) is 30.1 Å². The maximum absolute atomic E-state index is 12.0. The molecule has 3 aromatic carbocycles. The summed E-state index contributed by atoms with van der Waals surface area (Å²) in [7, 11) is 0. The summed E-state index contributed by atoms with van der Waals surface area (Å²) in [6, 6.07) is 13.1. The van der Waals surface area contributed by atoms with Gasteiger partial charge in [0.15, 0.2) is 5.58 Å². The molecule has 9 nitrogen and oxygen atoms in total. The number of phenolic OH excluding ortho intramolecular Hbond substituents is 1. The van der Waals surface area contributed by atoms with E-state index in [1.54, 1.807) is 24.3 Å². The van der Waals surface area contributed by atoms with Crippen molar-refractivity contribution in [1.29, 1.82) is 0 Å². The Morgan fingerprint density at radius 1 is 0.871 bits per heavy atom. The van der Waals surface area contributed by atoms with Crippen LogP contribution in [0.2, 0.25) is 0 Å². The third-order valence-corrected chi connectivity index (χ3v) is 7.18. The molecule has 0 radical (unpaired) electrons. The molecule has 0 fully saturated rings. The minimum absolute atomic E-state index is 0.0470. The van der Waals surface area contributed by atoms with Crippen LogP contribution in [0.25, 0.3) is 10.3 Å². The molecule has 0 unspecified atom stereocenters. The van der Waals surface area contributed by atoms with Gasteiger partial charge in [0.1, 0.15) is 5.75 Å². The number of benzene rings is 3. The van der Waals surface area contributed by atoms with Crippen molar-refractivity contribution in [3.63, 3.8) is 0 Å². The van der Waals surface area contributed by atoms with Crippen molar-refractivity contribution < 1.29 is 19.4 Å². The highest BCUT2D eigenvalue weighted by molar-refractivity contribution is 8.00. The van der Waals surface area contributed by atoms with Crippen LogP contribution in [-0.2, 0) is 0 Å². The molecule has 12 heteroatoms. The second-order valence-corrected chi connectivity index (χ2v) is 9.19. The number of nitro groups is 2. The zero-order chi connectivity index (χ0) is 22.1. The predicted octanol–water partition coefficient (Wildman–Crippen LogP) is 5.68. The highest BCUT2D eigenvalue weighted by atomic mass is 32.2. The summed E-state index contributed by atoms with van der Waals surface area (Å²) in [6.07, 6.45) is 0. The Morgan fingerprint density at radius 2 is 1.39 bits per heavy atom. The SMILES string of the molecule is O=c1oc2c(Sc3ccc([N+](=O)[O-])cc3)cc(O)c(Sc3ccc([N+](=O)[O-])cc3)c2s1. The first kappa shape index (κ1) is 20.9. The molecule has 0 aliphatic rings. The Kier molecular flexibility index (Phi) is 5.67. The van der Waals surface area contributed by atoms with E-state index in [2.05, 4.69) is 0 Å². The van der Waals surface area contributed by atoms with Gasteiger partial charge in [0.25, 0.3) is 11.4 Å². The van der Waals surface area contributed by atoms with Gasteiger partial charge >= 0.3 is 4.94 Å². The number of hydrogen-bond acceptors (Lipinski definition) is 10. The van der Waals surface area contributed by atoms with E-state index < -0.39 is 14.8 Å². The predicted molar refractivity (Wildman–Crippen MR) is 116 cm³/mol. The molecule has 31 heavy (non-hydrogen) atoms. The number of rotatable bonds is 6. The average molecular weight is 474 g/mol. The van der Waals surface area contributed by atoms with Crippen LogP contribution >= 0.6 is 34.9 Å². The van der Waals surface area contributed by atoms with Gasteiger partial charge in [-0.25, -0.2) is 4.79 Å². The maximum Gasteiger partial charge on any atom is 0.396 e. The standard InChI is InChI=1S/C19H10N2O7S3/c22-14-9-15(29-12-5-1-10(2-6-12)20(24)25)16-18(31-19(23)28-16)17(14)30-13-7-3-11(4-8-13)21(26)27/h1-9,22H. The quantitative estimate of drug-likeness (QED) is 0.276. The Balaban J connectivity index is 1.70. The number of hydrogen-bond donors (Lipinski definition) is 1. The first-order valence-corrected chi connectivity index (χ1v) is 10.9. The summed E-state index contributed by atoms with van der Waals surface area (Å²) >= 11 is 3.18. The van der Waals surface area contributed by atoms with Crippen LogP contribution in [0.1, 0.15) is 0 Å². The highest BCUT2D eigenvalue weighted by Crippen LogP contribution is 2.46. The van der Waals surface area contributed by atoms with Gasteiger partial charge in [0.2, 0.25) is 0 Å². The Bertz CT molecular complexity index is 1360. The fraction of sp³-hybridized carbons (Fsp3) is 0. The van der Waals surface area contributed by atoms with Gasteiger partial charge in [-0.05, 0) is 30.3 Å². The summed E-state index contributed by atoms with van der Waals surface area (Å²) < 4.78 is 5.78. The first-order valence-electron chi connectivity index (χ1n) is 8.46. The summed E-state index contributed by atoms with van der Waals surface area (Å²) in [5, 5.41) is 32.3. The lowest BCUT2D eigenvalue weighted by Crippen LogP contribution is -1.87. The minimum atomic E-state index is -0.545.